The van der Waals surface area contributed by atoms with E-state index in [4.69, 9.17) is 20.8 Å². The summed E-state index contributed by atoms with van der Waals surface area (Å²) in [6, 6.07) is 57.9. The third-order valence-electron chi connectivity index (χ3n) is 11.7. The van der Waals surface area contributed by atoms with E-state index in [2.05, 4.69) is 145 Å². The van der Waals surface area contributed by atoms with Gasteiger partial charge in [0.1, 0.15) is 24.7 Å². The van der Waals surface area contributed by atoms with Crippen LogP contribution in [-0.4, -0.2) is 36.8 Å². The van der Waals surface area contributed by atoms with Crippen molar-refractivity contribution in [3.63, 3.8) is 0 Å². The number of nitrogens with zero attached hydrogens (tertiary/aromatic N) is 5. The number of carboxylic acid groups (broad SMARTS) is 1. The van der Waals surface area contributed by atoms with Crippen molar-refractivity contribution in [2.45, 2.75) is 20.1 Å². The average Bonchev–Trinajstić information content (AvgIpc) is 3.91. The number of benzene rings is 7. The summed E-state index contributed by atoms with van der Waals surface area (Å²) in [5.74, 6) is -1.57. The molecule has 351 valence electrons. The van der Waals surface area contributed by atoms with Gasteiger partial charge < -0.3 is 33.4 Å². The van der Waals surface area contributed by atoms with E-state index < -0.39 is 23.3 Å². The van der Waals surface area contributed by atoms with Crippen molar-refractivity contribution in [2.24, 2.45) is 0 Å². The van der Waals surface area contributed by atoms with Crippen molar-refractivity contribution in [3.05, 3.63) is 228 Å². The maximum absolute atomic E-state index is 13.7. The van der Waals surface area contributed by atoms with E-state index in [1.807, 2.05) is 25.1 Å². The van der Waals surface area contributed by atoms with Crippen molar-refractivity contribution in [1.29, 1.82) is 0 Å². The molecular formula is C58H40F2IrN5O5-. The summed E-state index contributed by atoms with van der Waals surface area (Å²) < 4.78 is 49.8. The Morgan fingerprint density at radius 2 is 1.14 bits per heavy atom. The van der Waals surface area contributed by atoms with Gasteiger partial charge in [0.15, 0.2) is 17.1 Å². The number of hydrogen-bond acceptors (Lipinski definition) is 6. The standard InChI is InChI=1S/C46H35N3O5.C12H5F2N2.Ir/c1-2-52-34-24-31(29-54-44-20-11-21-47-45(44)46(50)51)25-35(27-34)53-28-30-22-32(48-40-16-7-3-12-36(40)37-13-4-8-17-41(37)48)26-33(23-30)49-42-18-9-5-14-38(42)39-15-6-10-19-43(39)49;1-15-12-9(13)6-5-8(11(12)14)10-4-2-3-7-16-10;/h3-27H,2,28-29H2,1H3,(H,50,51);2-4,6-7H;/q;-1;. The van der Waals surface area contributed by atoms with Crippen LogP contribution >= 0.6 is 0 Å². The van der Waals surface area contributed by atoms with Gasteiger partial charge in [-0.25, -0.2) is 9.78 Å². The van der Waals surface area contributed by atoms with Crippen LogP contribution in [0.3, 0.4) is 0 Å². The van der Waals surface area contributed by atoms with Crippen molar-refractivity contribution in [1.82, 2.24) is 19.1 Å². The second-order valence-corrected chi connectivity index (χ2v) is 16.1. The van der Waals surface area contributed by atoms with E-state index in [0.717, 1.165) is 50.6 Å². The minimum absolute atomic E-state index is 0. The van der Waals surface area contributed by atoms with Crippen molar-refractivity contribution < 1.29 is 53.0 Å². The van der Waals surface area contributed by atoms with Crippen LogP contribution in [-0.2, 0) is 33.3 Å². The normalized spacial score (nSPS) is 10.9. The molecule has 0 amide bonds. The van der Waals surface area contributed by atoms with Crippen molar-refractivity contribution in [3.8, 4) is 39.9 Å². The van der Waals surface area contributed by atoms with Gasteiger partial charge in [-0.2, -0.15) is 0 Å². The first-order valence-corrected chi connectivity index (χ1v) is 22.3. The monoisotopic (exact) mass is 1120 g/mol. The quantitative estimate of drug-likeness (QED) is 0.122. The van der Waals surface area contributed by atoms with E-state index in [-0.39, 0.29) is 50.3 Å². The molecule has 4 aromatic heterocycles. The molecule has 0 spiro atoms. The molecule has 10 nitrogen and oxygen atoms in total. The van der Waals surface area contributed by atoms with E-state index in [0.29, 0.717) is 23.8 Å². The van der Waals surface area contributed by atoms with Gasteiger partial charge in [-0.05, 0) is 96.5 Å². The number of pyridine rings is 2. The summed E-state index contributed by atoms with van der Waals surface area (Å²) in [5, 5.41) is 14.4. The molecule has 0 atom stereocenters. The molecule has 4 heterocycles. The number of rotatable bonds is 12. The molecule has 1 radical (unpaired) electrons. The van der Waals surface area contributed by atoms with Gasteiger partial charge in [0.25, 0.3) is 0 Å². The Hall–Kier alpha value is -8.69. The van der Waals surface area contributed by atoms with Gasteiger partial charge in [0.2, 0.25) is 0 Å². The number of ether oxygens (including phenoxy) is 3. The molecule has 0 saturated carbocycles. The summed E-state index contributed by atoms with van der Waals surface area (Å²) in [5.41, 5.74) is 7.85. The van der Waals surface area contributed by atoms with E-state index in [9.17, 15) is 18.7 Å². The van der Waals surface area contributed by atoms with Crippen LogP contribution in [0.4, 0.5) is 14.5 Å². The maximum atomic E-state index is 13.7. The number of aromatic nitrogens is 4. The predicted molar refractivity (Wildman–Crippen MR) is 267 cm³/mol. The molecule has 0 saturated heterocycles. The number of carboxylic acids is 1. The molecular weight excluding hydrogens is 1080 g/mol. The second-order valence-electron chi connectivity index (χ2n) is 16.1. The van der Waals surface area contributed by atoms with Gasteiger partial charge in [0, 0.05) is 83.1 Å². The molecule has 1 N–H and O–H groups in total. The summed E-state index contributed by atoms with van der Waals surface area (Å²) in [7, 11) is 0. The second kappa shape index (κ2) is 20.9. The van der Waals surface area contributed by atoms with Crippen molar-refractivity contribution >= 4 is 55.3 Å². The largest absolute Gasteiger partial charge is 0.494 e. The maximum Gasteiger partial charge on any atom is 0.358 e. The average molecular weight is 1120 g/mol. The van der Waals surface area contributed by atoms with E-state index >= 15 is 0 Å². The zero-order chi connectivity index (χ0) is 48.1. The van der Waals surface area contributed by atoms with Crippen LogP contribution in [0, 0.1) is 24.3 Å². The zero-order valence-corrected chi connectivity index (χ0v) is 40.2. The van der Waals surface area contributed by atoms with Crippen LogP contribution in [0.5, 0.6) is 17.2 Å². The summed E-state index contributed by atoms with van der Waals surface area (Å²) in [6.45, 7) is 9.47. The van der Waals surface area contributed by atoms with Gasteiger partial charge in [-0.1, -0.05) is 84.9 Å². The SMILES string of the molecule is CCOc1cc(COc2cccnc2C(=O)O)cc(OCc2cc(-n3c4ccccc4c4ccccc43)cc(-n3c4ccccc4c4ccccc43)c2)c1.[C-]#[N+]c1c(F)c[c-]c(-c2ccccn2)c1F.[Ir]. The minimum atomic E-state index is -1.15. The Kier molecular flexibility index (Phi) is 13.9. The third kappa shape index (κ3) is 9.55. The first-order chi connectivity index (χ1) is 34.3. The van der Waals surface area contributed by atoms with Gasteiger partial charge >= 0.3 is 5.97 Å². The van der Waals surface area contributed by atoms with Gasteiger partial charge in [-0.15, -0.1) is 17.7 Å². The molecule has 0 fully saturated rings. The molecule has 0 unspecified atom stereocenters. The van der Waals surface area contributed by atoms with Crippen molar-refractivity contribution in [2.75, 3.05) is 6.61 Å². The van der Waals surface area contributed by atoms with E-state index in [1.165, 1.54) is 33.9 Å². The Morgan fingerprint density at radius 3 is 1.66 bits per heavy atom. The van der Waals surface area contributed by atoms with Crippen LogP contribution in [0.25, 0.3) is 71.1 Å². The smallest absolute Gasteiger partial charge is 0.358 e. The minimum Gasteiger partial charge on any atom is -0.494 e. The van der Waals surface area contributed by atoms with E-state index in [1.54, 1.807) is 30.3 Å². The van der Waals surface area contributed by atoms with Gasteiger partial charge in [-0.3, -0.25) is 13.6 Å². The summed E-state index contributed by atoms with van der Waals surface area (Å²) in [6.07, 6.45) is 2.92. The Morgan fingerprint density at radius 1 is 0.634 bits per heavy atom. The predicted octanol–water partition coefficient (Wildman–Crippen LogP) is 13.9. The number of aromatic carboxylic acids is 1. The molecule has 13 heteroatoms. The first kappa shape index (κ1) is 47.4. The molecule has 71 heavy (non-hydrogen) atoms. The number of carbonyl (C=O) groups is 1. The Labute approximate surface area is 420 Å². The molecule has 0 aliphatic rings. The summed E-state index contributed by atoms with van der Waals surface area (Å²) >= 11 is 0. The fourth-order valence-electron chi connectivity index (χ4n) is 8.73. The number of para-hydroxylation sites is 4. The topological polar surface area (TPSA) is 105 Å². The molecule has 0 bridgehead atoms. The Balaban J connectivity index is 0.000000313. The third-order valence-corrected chi connectivity index (χ3v) is 11.7. The van der Waals surface area contributed by atoms with Crippen LogP contribution in [0.2, 0.25) is 0 Å². The fourth-order valence-corrected chi connectivity index (χ4v) is 8.73. The van der Waals surface area contributed by atoms with Crippen LogP contribution < -0.4 is 14.2 Å². The molecule has 7 aromatic carbocycles. The van der Waals surface area contributed by atoms with Gasteiger partial charge in [0.05, 0.1) is 35.2 Å². The number of halogens is 2. The fraction of sp³-hybridized carbons (Fsp3) is 0.0690. The first-order valence-electron chi connectivity index (χ1n) is 22.3. The zero-order valence-electron chi connectivity index (χ0n) is 37.8. The van der Waals surface area contributed by atoms with Crippen LogP contribution in [0.15, 0.2) is 182 Å². The van der Waals surface area contributed by atoms with Crippen LogP contribution in [0.1, 0.15) is 28.5 Å². The molecule has 11 aromatic rings. The Bertz CT molecular complexity index is 3560. The number of hydrogen-bond donors (Lipinski definition) is 1. The molecule has 11 rings (SSSR count). The molecule has 0 aliphatic carbocycles. The molecule has 0 aliphatic heterocycles. The summed E-state index contributed by atoms with van der Waals surface area (Å²) in [4.78, 5) is 22.4. The number of fused-ring (bicyclic) bond motifs is 6.